The van der Waals surface area contributed by atoms with Crippen LogP contribution in [0.2, 0.25) is 0 Å². The third-order valence-corrected chi connectivity index (χ3v) is 5.16. The number of ether oxygens (including phenoxy) is 1. The van der Waals surface area contributed by atoms with E-state index in [4.69, 9.17) is 16.3 Å². The van der Waals surface area contributed by atoms with Crippen molar-refractivity contribution < 1.29 is 4.74 Å². The summed E-state index contributed by atoms with van der Waals surface area (Å²) in [5, 5.41) is -0.244. The van der Waals surface area contributed by atoms with E-state index in [2.05, 4.69) is 47.8 Å². The molecule has 0 saturated carbocycles. The van der Waals surface area contributed by atoms with Crippen LogP contribution in [0.25, 0.3) is 0 Å². The topological polar surface area (TPSA) is 9.23 Å². The molecule has 0 spiro atoms. The second-order valence-corrected chi connectivity index (χ2v) is 7.21. The fourth-order valence-corrected chi connectivity index (χ4v) is 3.92. The summed E-state index contributed by atoms with van der Waals surface area (Å²) >= 11 is 17.2. The van der Waals surface area contributed by atoms with Gasteiger partial charge < -0.3 is 4.74 Å². The van der Waals surface area contributed by atoms with Gasteiger partial charge in [0.2, 0.25) is 0 Å². The first-order valence-electron chi connectivity index (χ1n) is 6.04. The predicted molar refractivity (Wildman–Crippen MR) is 94.8 cm³/mol. The van der Waals surface area contributed by atoms with E-state index in [1.807, 2.05) is 43.3 Å². The molecule has 0 amide bonds. The average Bonchev–Trinajstić information content (AvgIpc) is 2.41. The third-order valence-electron chi connectivity index (χ3n) is 2.79. The van der Waals surface area contributed by atoms with Crippen molar-refractivity contribution in [3.05, 3.63) is 60.9 Å². The molecule has 0 bridgehead atoms. The summed E-state index contributed by atoms with van der Waals surface area (Å²) < 4.78 is 8.41. The maximum atomic E-state index is 6.62. The Bertz CT molecular complexity index is 616. The van der Waals surface area contributed by atoms with E-state index in [1.165, 1.54) is 0 Å². The minimum absolute atomic E-state index is 0.244. The predicted octanol–water partition coefficient (Wildman–Crippen LogP) is 6.70. The molecule has 1 unspecified atom stereocenters. The number of alkyl halides is 1. The van der Waals surface area contributed by atoms with Crippen LogP contribution in [0.1, 0.15) is 23.4 Å². The van der Waals surface area contributed by atoms with Crippen molar-refractivity contribution in [2.24, 2.45) is 0 Å². The zero-order chi connectivity index (χ0) is 14.7. The molecule has 1 atom stereocenters. The Morgan fingerprint density at radius 3 is 2.40 bits per heavy atom. The van der Waals surface area contributed by atoms with E-state index in [0.717, 1.165) is 30.3 Å². The van der Waals surface area contributed by atoms with Crippen molar-refractivity contribution in [2.45, 2.75) is 12.3 Å². The average molecular weight is 483 g/mol. The van der Waals surface area contributed by atoms with Crippen LogP contribution >= 0.6 is 59.4 Å². The number of benzene rings is 2. The number of hydrogen-bond donors (Lipinski definition) is 0. The van der Waals surface area contributed by atoms with Crippen molar-refractivity contribution >= 4 is 59.4 Å². The van der Waals surface area contributed by atoms with Crippen LogP contribution in [0.15, 0.2) is 49.8 Å². The van der Waals surface area contributed by atoms with Gasteiger partial charge in [0, 0.05) is 13.4 Å². The summed E-state index contributed by atoms with van der Waals surface area (Å²) in [5.41, 5.74) is 2.03. The molecule has 2 aromatic rings. The largest absolute Gasteiger partial charge is 0.494 e. The van der Waals surface area contributed by atoms with E-state index < -0.39 is 0 Å². The minimum atomic E-state index is -0.244. The Kier molecular flexibility index (Phi) is 5.96. The molecule has 2 rings (SSSR count). The normalized spacial score (nSPS) is 12.2. The summed E-state index contributed by atoms with van der Waals surface area (Å²) in [7, 11) is 0. The molecule has 0 fully saturated rings. The van der Waals surface area contributed by atoms with Gasteiger partial charge in [-0.1, -0.05) is 53.9 Å². The molecule has 5 heteroatoms. The molecule has 0 saturated heterocycles. The third kappa shape index (κ3) is 3.79. The highest BCUT2D eigenvalue weighted by Crippen LogP contribution is 2.39. The lowest BCUT2D eigenvalue weighted by atomic mass is 10.0. The Hall–Kier alpha value is -0.0300. The summed E-state index contributed by atoms with van der Waals surface area (Å²) in [6, 6.07) is 11.8. The van der Waals surface area contributed by atoms with E-state index in [9.17, 15) is 0 Å². The van der Waals surface area contributed by atoms with Crippen molar-refractivity contribution in [1.29, 1.82) is 0 Å². The highest BCUT2D eigenvalue weighted by molar-refractivity contribution is 9.11. The molecule has 0 N–H and O–H groups in total. The highest BCUT2D eigenvalue weighted by Gasteiger charge is 2.17. The Morgan fingerprint density at radius 1 is 1.00 bits per heavy atom. The van der Waals surface area contributed by atoms with E-state index in [1.54, 1.807) is 0 Å². The molecule has 0 radical (unpaired) electrons. The van der Waals surface area contributed by atoms with Crippen LogP contribution in [0.4, 0.5) is 0 Å². The molecule has 0 aliphatic carbocycles. The summed E-state index contributed by atoms with van der Waals surface area (Å²) in [5.74, 6) is 0.834. The molecule has 0 aromatic heterocycles. The standard InChI is InChI=1S/C15H12Br3ClO/c1-2-20-10-4-5-11(14(18)8-10)15(19)12-7-9(16)3-6-13(12)17/h3-8,15H,2H2,1H3. The fraction of sp³-hybridized carbons (Fsp3) is 0.200. The van der Waals surface area contributed by atoms with E-state index in [0.29, 0.717) is 6.61 Å². The quantitative estimate of drug-likeness (QED) is 0.440. The number of hydrogen-bond acceptors (Lipinski definition) is 1. The molecule has 0 heterocycles. The summed E-state index contributed by atoms with van der Waals surface area (Å²) in [6.07, 6.45) is 0. The van der Waals surface area contributed by atoms with E-state index >= 15 is 0 Å². The number of halogens is 4. The van der Waals surface area contributed by atoms with Gasteiger partial charge >= 0.3 is 0 Å². The van der Waals surface area contributed by atoms with Gasteiger partial charge in [0.15, 0.2) is 0 Å². The fourth-order valence-electron chi connectivity index (χ4n) is 1.85. The molecule has 20 heavy (non-hydrogen) atoms. The van der Waals surface area contributed by atoms with Crippen molar-refractivity contribution in [3.8, 4) is 5.75 Å². The van der Waals surface area contributed by atoms with Gasteiger partial charge in [0.1, 0.15) is 5.75 Å². The van der Waals surface area contributed by atoms with Crippen LogP contribution in [-0.2, 0) is 0 Å². The first-order chi connectivity index (χ1) is 9.52. The van der Waals surface area contributed by atoms with Crippen molar-refractivity contribution in [1.82, 2.24) is 0 Å². The van der Waals surface area contributed by atoms with Gasteiger partial charge in [0.05, 0.1) is 12.0 Å². The SMILES string of the molecule is CCOc1ccc(C(Cl)c2cc(Br)ccc2Br)c(Br)c1. The second kappa shape index (κ2) is 7.30. The zero-order valence-electron chi connectivity index (χ0n) is 10.7. The molecular formula is C15H12Br3ClO. The Labute approximate surface area is 149 Å². The van der Waals surface area contributed by atoms with Gasteiger partial charge in [-0.2, -0.15) is 0 Å². The van der Waals surface area contributed by atoms with Gasteiger partial charge in [-0.05, 0) is 48.4 Å². The highest BCUT2D eigenvalue weighted by atomic mass is 79.9. The van der Waals surface area contributed by atoms with Crippen LogP contribution < -0.4 is 4.74 Å². The minimum Gasteiger partial charge on any atom is -0.494 e. The lowest BCUT2D eigenvalue weighted by Gasteiger charge is -2.15. The van der Waals surface area contributed by atoms with Crippen LogP contribution in [0, 0.1) is 0 Å². The zero-order valence-corrected chi connectivity index (χ0v) is 16.2. The van der Waals surface area contributed by atoms with Crippen LogP contribution in [0.3, 0.4) is 0 Å². The molecule has 106 valence electrons. The molecule has 2 aromatic carbocycles. The Balaban J connectivity index is 2.38. The Morgan fingerprint density at radius 2 is 1.75 bits per heavy atom. The second-order valence-electron chi connectivity index (χ2n) is 4.14. The molecule has 0 aliphatic heterocycles. The lowest BCUT2D eigenvalue weighted by Crippen LogP contribution is -1.98. The summed E-state index contributed by atoms with van der Waals surface area (Å²) in [6.45, 7) is 2.61. The van der Waals surface area contributed by atoms with Crippen LogP contribution in [-0.4, -0.2) is 6.61 Å². The van der Waals surface area contributed by atoms with Gasteiger partial charge in [0.25, 0.3) is 0 Å². The van der Waals surface area contributed by atoms with E-state index in [-0.39, 0.29) is 5.38 Å². The lowest BCUT2D eigenvalue weighted by molar-refractivity contribution is 0.340. The summed E-state index contributed by atoms with van der Waals surface area (Å²) in [4.78, 5) is 0. The molecular weight excluding hydrogens is 471 g/mol. The van der Waals surface area contributed by atoms with Gasteiger partial charge in [-0.25, -0.2) is 0 Å². The van der Waals surface area contributed by atoms with Crippen molar-refractivity contribution in [2.75, 3.05) is 6.61 Å². The monoisotopic (exact) mass is 480 g/mol. The van der Waals surface area contributed by atoms with Crippen molar-refractivity contribution in [3.63, 3.8) is 0 Å². The van der Waals surface area contributed by atoms with Gasteiger partial charge in [-0.15, -0.1) is 11.6 Å². The molecule has 0 aliphatic rings. The maximum Gasteiger partial charge on any atom is 0.120 e. The first kappa shape index (κ1) is 16.3. The molecule has 1 nitrogen and oxygen atoms in total. The first-order valence-corrected chi connectivity index (χ1v) is 8.85. The maximum absolute atomic E-state index is 6.62. The number of rotatable bonds is 4. The van der Waals surface area contributed by atoms with Crippen LogP contribution in [0.5, 0.6) is 5.75 Å². The smallest absolute Gasteiger partial charge is 0.120 e. The van der Waals surface area contributed by atoms with Gasteiger partial charge in [-0.3, -0.25) is 0 Å².